The van der Waals surface area contributed by atoms with Gasteiger partial charge in [0.25, 0.3) is 5.91 Å². The van der Waals surface area contributed by atoms with Crippen LogP contribution in [0, 0.1) is 5.92 Å². The zero-order valence-corrected chi connectivity index (χ0v) is 14.9. The lowest BCUT2D eigenvalue weighted by molar-refractivity contribution is -0.117. The molecule has 0 saturated heterocycles. The average molecular weight is 334 g/mol. The summed E-state index contributed by atoms with van der Waals surface area (Å²) in [5, 5.41) is 4.55. The van der Waals surface area contributed by atoms with E-state index in [1.807, 2.05) is 17.4 Å². The van der Waals surface area contributed by atoms with Crippen molar-refractivity contribution >= 4 is 29.1 Å². The first-order valence-electron chi connectivity index (χ1n) is 7.43. The molecular formula is C17H22N2O3S. The van der Waals surface area contributed by atoms with Crippen molar-refractivity contribution in [3.8, 4) is 5.75 Å². The number of likely N-dealkylation sites (N-methyl/N-ethyl adjacent to an activating group) is 1. The van der Waals surface area contributed by atoms with Gasteiger partial charge in [0.1, 0.15) is 5.75 Å². The van der Waals surface area contributed by atoms with Gasteiger partial charge < -0.3 is 15.0 Å². The summed E-state index contributed by atoms with van der Waals surface area (Å²) in [6.45, 7) is 5.67. The molecule has 1 unspecified atom stereocenters. The Kier molecular flexibility index (Phi) is 5.36. The molecule has 124 valence electrons. The Morgan fingerprint density at radius 3 is 2.57 bits per heavy atom. The number of rotatable bonds is 5. The van der Waals surface area contributed by atoms with Gasteiger partial charge in [-0.1, -0.05) is 25.6 Å². The van der Waals surface area contributed by atoms with Crippen LogP contribution in [0.1, 0.15) is 31.1 Å². The molecule has 0 fully saturated rings. The number of amides is 1. The predicted octanol–water partition coefficient (Wildman–Crippen LogP) is 3.34. The van der Waals surface area contributed by atoms with Crippen LogP contribution in [0.5, 0.6) is 5.75 Å². The second-order valence-electron chi connectivity index (χ2n) is 5.75. The van der Waals surface area contributed by atoms with Crippen LogP contribution in [0.15, 0.2) is 29.3 Å². The molecule has 23 heavy (non-hydrogen) atoms. The number of ketones is 1. The molecule has 1 aromatic carbocycles. The summed E-state index contributed by atoms with van der Waals surface area (Å²) in [6.07, 6.45) is 0. The standard InChI is InChI=1S/C17H22N2O3S/c1-10(2)15-9-23-17(19(15)4)16(21)18-14-8-12(22-5)6-7-13(14)11(3)20/h6-10,17H,1-5H3,(H,18,21). The van der Waals surface area contributed by atoms with Gasteiger partial charge in [0.05, 0.1) is 12.8 Å². The minimum absolute atomic E-state index is 0.101. The van der Waals surface area contributed by atoms with Crippen molar-refractivity contribution in [2.24, 2.45) is 5.92 Å². The van der Waals surface area contributed by atoms with Crippen LogP contribution in [-0.4, -0.2) is 36.1 Å². The summed E-state index contributed by atoms with van der Waals surface area (Å²) in [7, 11) is 3.46. The largest absolute Gasteiger partial charge is 0.497 e. The van der Waals surface area contributed by atoms with Crippen LogP contribution < -0.4 is 10.1 Å². The summed E-state index contributed by atoms with van der Waals surface area (Å²) >= 11 is 1.47. The summed E-state index contributed by atoms with van der Waals surface area (Å²) in [5.41, 5.74) is 2.09. The number of allylic oxidation sites excluding steroid dienone is 1. The second kappa shape index (κ2) is 7.08. The van der Waals surface area contributed by atoms with E-state index in [0.29, 0.717) is 22.9 Å². The fraction of sp³-hybridized carbons (Fsp3) is 0.412. The van der Waals surface area contributed by atoms with Gasteiger partial charge in [-0.3, -0.25) is 9.59 Å². The number of nitrogens with one attached hydrogen (secondary N) is 1. The van der Waals surface area contributed by atoms with E-state index in [-0.39, 0.29) is 17.1 Å². The van der Waals surface area contributed by atoms with E-state index in [9.17, 15) is 9.59 Å². The molecule has 1 aromatic rings. The SMILES string of the molecule is COc1ccc(C(C)=O)c(NC(=O)C2SC=C(C(C)C)N2C)c1. The first-order valence-corrected chi connectivity index (χ1v) is 8.37. The molecule has 0 aromatic heterocycles. The Hall–Kier alpha value is -1.95. The number of methoxy groups -OCH3 is 1. The molecule has 1 heterocycles. The Bertz CT molecular complexity index is 655. The van der Waals surface area contributed by atoms with Crippen LogP contribution in [0.3, 0.4) is 0 Å². The van der Waals surface area contributed by atoms with Gasteiger partial charge in [-0.2, -0.15) is 0 Å². The van der Waals surface area contributed by atoms with Crippen molar-refractivity contribution in [2.45, 2.75) is 26.1 Å². The fourth-order valence-electron chi connectivity index (χ4n) is 2.48. The quantitative estimate of drug-likeness (QED) is 0.837. The van der Waals surface area contributed by atoms with E-state index in [1.165, 1.54) is 18.7 Å². The van der Waals surface area contributed by atoms with Crippen LogP contribution >= 0.6 is 11.8 Å². The summed E-state index contributed by atoms with van der Waals surface area (Å²) in [5.74, 6) is 0.699. The third kappa shape index (κ3) is 3.69. The molecule has 1 aliphatic heterocycles. The molecule has 0 spiro atoms. The van der Waals surface area contributed by atoms with Gasteiger partial charge in [0.15, 0.2) is 11.2 Å². The number of nitrogens with zero attached hydrogens (tertiary/aromatic N) is 1. The minimum atomic E-state index is -0.335. The molecule has 1 aliphatic rings. The number of thioether (sulfide) groups is 1. The lowest BCUT2D eigenvalue weighted by atomic mass is 10.1. The monoisotopic (exact) mass is 334 g/mol. The molecule has 6 heteroatoms. The Morgan fingerprint density at radius 2 is 2.04 bits per heavy atom. The number of anilines is 1. The van der Waals surface area contributed by atoms with Gasteiger partial charge >= 0.3 is 0 Å². The van der Waals surface area contributed by atoms with Crippen molar-refractivity contribution in [2.75, 3.05) is 19.5 Å². The molecule has 0 saturated carbocycles. The highest BCUT2D eigenvalue weighted by Gasteiger charge is 2.31. The predicted molar refractivity (Wildman–Crippen MR) is 93.7 cm³/mol. The molecule has 2 rings (SSSR count). The smallest absolute Gasteiger partial charge is 0.257 e. The molecule has 1 atom stereocenters. The van der Waals surface area contributed by atoms with E-state index >= 15 is 0 Å². The topological polar surface area (TPSA) is 58.6 Å². The highest BCUT2D eigenvalue weighted by atomic mass is 32.2. The normalized spacial score (nSPS) is 17.2. The summed E-state index contributed by atoms with van der Waals surface area (Å²) in [4.78, 5) is 26.3. The number of ether oxygens (including phenoxy) is 1. The number of carbonyl (C=O) groups excluding carboxylic acids is 2. The maximum atomic E-state index is 12.6. The number of hydrogen-bond acceptors (Lipinski definition) is 5. The average Bonchev–Trinajstić information content (AvgIpc) is 2.88. The van der Waals surface area contributed by atoms with Crippen LogP contribution in [0.4, 0.5) is 5.69 Å². The van der Waals surface area contributed by atoms with Crippen molar-refractivity contribution < 1.29 is 14.3 Å². The minimum Gasteiger partial charge on any atom is -0.497 e. The zero-order chi connectivity index (χ0) is 17.1. The Labute approximate surface area is 141 Å². The summed E-state index contributed by atoms with van der Waals surface area (Å²) < 4.78 is 5.18. The van der Waals surface area contributed by atoms with Gasteiger partial charge in [-0.25, -0.2) is 0 Å². The van der Waals surface area contributed by atoms with E-state index in [0.717, 1.165) is 5.70 Å². The van der Waals surface area contributed by atoms with Crippen LogP contribution in [0.2, 0.25) is 0 Å². The maximum Gasteiger partial charge on any atom is 0.257 e. The number of benzene rings is 1. The molecule has 5 nitrogen and oxygen atoms in total. The van der Waals surface area contributed by atoms with Crippen molar-refractivity contribution in [1.82, 2.24) is 4.90 Å². The Morgan fingerprint density at radius 1 is 1.35 bits per heavy atom. The third-order valence-electron chi connectivity index (χ3n) is 3.76. The third-order valence-corrected chi connectivity index (χ3v) is 4.92. The lowest BCUT2D eigenvalue weighted by Gasteiger charge is -2.25. The fourth-order valence-corrected chi connectivity index (χ4v) is 3.67. The zero-order valence-electron chi connectivity index (χ0n) is 14.0. The van der Waals surface area contributed by atoms with E-state index in [1.54, 1.807) is 25.3 Å². The number of Topliss-reactive ketones (excluding diaryl/α,β-unsaturated/α-hetero) is 1. The summed E-state index contributed by atoms with van der Waals surface area (Å²) in [6, 6.07) is 5.05. The van der Waals surface area contributed by atoms with Gasteiger partial charge in [-0.15, -0.1) is 0 Å². The van der Waals surface area contributed by atoms with Crippen molar-refractivity contribution in [1.29, 1.82) is 0 Å². The van der Waals surface area contributed by atoms with Crippen molar-refractivity contribution in [3.63, 3.8) is 0 Å². The number of carbonyl (C=O) groups is 2. The second-order valence-corrected chi connectivity index (χ2v) is 6.71. The van der Waals surface area contributed by atoms with Gasteiger partial charge in [-0.05, 0) is 30.4 Å². The molecule has 0 aliphatic carbocycles. The molecule has 0 radical (unpaired) electrons. The first kappa shape index (κ1) is 17.4. The van der Waals surface area contributed by atoms with E-state index in [2.05, 4.69) is 19.2 Å². The van der Waals surface area contributed by atoms with Crippen LogP contribution in [-0.2, 0) is 4.79 Å². The Balaban J connectivity index is 2.19. The van der Waals surface area contributed by atoms with Gasteiger partial charge in [0.2, 0.25) is 0 Å². The van der Waals surface area contributed by atoms with E-state index < -0.39 is 0 Å². The first-order chi connectivity index (χ1) is 10.8. The van der Waals surface area contributed by atoms with E-state index in [4.69, 9.17) is 4.74 Å². The molecule has 1 amide bonds. The molecule has 0 bridgehead atoms. The van der Waals surface area contributed by atoms with Crippen molar-refractivity contribution in [3.05, 3.63) is 34.9 Å². The van der Waals surface area contributed by atoms with Gasteiger partial charge in [0, 0.05) is 24.4 Å². The highest BCUT2D eigenvalue weighted by molar-refractivity contribution is 8.03. The highest BCUT2D eigenvalue weighted by Crippen LogP contribution is 2.34. The molecular weight excluding hydrogens is 312 g/mol. The molecule has 1 N–H and O–H groups in total. The lowest BCUT2D eigenvalue weighted by Crippen LogP contribution is -2.37. The maximum absolute atomic E-state index is 12.6. The number of hydrogen-bond donors (Lipinski definition) is 1. The van der Waals surface area contributed by atoms with Crippen LogP contribution in [0.25, 0.3) is 0 Å².